The first-order valence-electron chi connectivity index (χ1n) is 6.55. The number of ether oxygens (including phenoxy) is 2. The topological polar surface area (TPSA) is 52.6 Å². The number of allylic oxidation sites excluding steroid dienone is 2. The van der Waals surface area contributed by atoms with E-state index in [1.165, 1.54) is 0 Å². The fourth-order valence-corrected chi connectivity index (χ4v) is 2.70. The van der Waals surface area contributed by atoms with E-state index in [0.29, 0.717) is 21.9 Å². The number of benzene rings is 1. The van der Waals surface area contributed by atoms with Crippen molar-refractivity contribution in [1.82, 2.24) is 0 Å². The molecule has 0 radical (unpaired) electrons. The van der Waals surface area contributed by atoms with Crippen LogP contribution in [0.1, 0.15) is 24.2 Å². The summed E-state index contributed by atoms with van der Waals surface area (Å²) in [6.07, 6.45) is 1.26. The van der Waals surface area contributed by atoms with Crippen LogP contribution in [-0.4, -0.2) is 17.9 Å². The van der Waals surface area contributed by atoms with Crippen molar-refractivity contribution in [2.45, 2.75) is 20.0 Å². The van der Waals surface area contributed by atoms with Gasteiger partial charge in [-0.05, 0) is 49.8 Å². The SMILES string of the molecule is CC1=C[C@@H]2OC(C(=O)c3ccc(Cl)cc3)=C(C)[C@@H]2C(=O)O1. The zero-order valence-corrected chi connectivity index (χ0v) is 12.3. The number of hydrogen-bond donors (Lipinski definition) is 0. The third-order valence-electron chi connectivity index (χ3n) is 3.63. The van der Waals surface area contributed by atoms with Crippen molar-refractivity contribution in [3.63, 3.8) is 0 Å². The Labute approximate surface area is 127 Å². The first-order valence-corrected chi connectivity index (χ1v) is 6.93. The van der Waals surface area contributed by atoms with E-state index in [2.05, 4.69) is 0 Å². The van der Waals surface area contributed by atoms with Crippen LogP contribution in [0, 0.1) is 5.92 Å². The van der Waals surface area contributed by atoms with Crippen molar-refractivity contribution in [2.75, 3.05) is 0 Å². The molecule has 0 aliphatic carbocycles. The molecule has 0 amide bonds. The smallest absolute Gasteiger partial charge is 0.322 e. The van der Waals surface area contributed by atoms with E-state index in [-0.39, 0.29) is 17.5 Å². The highest BCUT2D eigenvalue weighted by Gasteiger charge is 2.44. The van der Waals surface area contributed by atoms with Gasteiger partial charge in [-0.1, -0.05) is 11.6 Å². The Morgan fingerprint density at radius 3 is 2.52 bits per heavy atom. The van der Waals surface area contributed by atoms with E-state index in [9.17, 15) is 9.59 Å². The van der Waals surface area contributed by atoms with Gasteiger partial charge in [0.25, 0.3) is 0 Å². The first kappa shape index (κ1) is 13.9. The maximum atomic E-state index is 12.5. The van der Waals surface area contributed by atoms with E-state index in [1.807, 2.05) is 0 Å². The molecule has 2 heterocycles. The average Bonchev–Trinajstić information content (AvgIpc) is 2.76. The fourth-order valence-electron chi connectivity index (χ4n) is 2.58. The van der Waals surface area contributed by atoms with E-state index in [4.69, 9.17) is 21.1 Å². The van der Waals surface area contributed by atoms with Crippen LogP contribution in [0.2, 0.25) is 5.02 Å². The van der Waals surface area contributed by atoms with Gasteiger partial charge in [0.2, 0.25) is 5.78 Å². The fraction of sp³-hybridized carbons (Fsp3) is 0.250. The van der Waals surface area contributed by atoms with Crippen LogP contribution in [0.15, 0.2) is 47.4 Å². The Bertz CT molecular complexity index is 685. The number of fused-ring (bicyclic) bond motifs is 1. The molecule has 2 aliphatic rings. The van der Waals surface area contributed by atoms with E-state index >= 15 is 0 Å². The Morgan fingerprint density at radius 2 is 1.86 bits per heavy atom. The van der Waals surface area contributed by atoms with Gasteiger partial charge in [-0.3, -0.25) is 9.59 Å². The summed E-state index contributed by atoms with van der Waals surface area (Å²) in [5.74, 6) is -0.460. The molecule has 5 heteroatoms. The molecule has 3 rings (SSSR count). The second kappa shape index (κ2) is 5.04. The highest BCUT2D eigenvalue weighted by molar-refractivity contribution is 6.30. The summed E-state index contributed by atoms with van der Waals surface area (Å²) < 4.78 is 10.8. The van der Waals surface area contributed by atoms with Crippen LogP contribution in [0.25, 0.3) is 0 Å². The molecule has 0 spiro atoms. The maximum absolute atomic E-state index is 12.5. The Kier molecular flexibility index (Phi) is 3.33. The minimum absolute atomic E-state index is 0.218. The lowest BCUT2D eigenvalue weighted by Gasteiger charge is -2.21. The minimum Gasteiger partial charge on any atom is -0.481 e. The van der Waals surface area contributed by atoms with Crippen molar-refractivity contribution >= 4 is 23.4 Å². The lowest BCUT2D eigenvalue weighted by molar-refractivity contribution is -0.146. The molecule has 0 unspecified atom stereocenters. The van der Waals surface area contributed by atoms with Crippen LogP contribution in [0.5, 0.6) is 0 Å². The third-order valence-corrected chi connectivity index (χ3v) is 3.89. The molecule has 0 fully saturated rings. The summed E-state index contributed by atoms with van der Waals surface area (Å²) in [6.45, 7) is 3.41. The largest absolute Gasteiger partial charge is 0.481 e. The van der Waals surface area contributed by atoms with Gasteiger partial charge < -0.3 is 9.47 Å². The molecule has 1 aromatic rings. The van der Waals surface area contributed by atoms with Gasteiger partial charge in [0.05, 0.1) is 0 Å². The molecule has 108 valence electrons. The molecular weight excluding hydrogens is 292 g/mol. The number of ketones is 1. The molecule has 1 aromatic carbocycles. The van der Waals surface area contributed by atoms with E-state index in [0.717, 1.165) is 0 Å². The number of carbonyl (C=O) groups excluding carboxylic acids is 2. The predicted molar refractivity (Wildman–Crippen MR) is 76.7 cm³/mol. The molecule has 0 saturated heterocycles. The van der Waals surface area contributed by atoms with Crippen LogP contribution in [0.4, 0.5) is 0 Å². The monoisotopic (exact) mass is 304 g/mol. The zero-order valence-electron chi connectivity index (χ0n) is 11.6. The van der Waals surface area contributed by atoms with Gasteiger partial charge >= 0.3 is 5.97 Å². The first-order chi connectivity index (χ1) is 9.97. The van der Waals surface area contributed by atoms with Crippen LogP contribution in [-0.2, 0) is 14.3 Å². The number of esters is 1. The second-order valence-corrected chi connectivity index (χ2v) is 5.54. The minimum atomic E-state index is -0.542. The van der Waals surface area contributed by atoms with Crippen molar-refractivity contribution in [2.24, 2.45) is 5.92 Å². The average molecular weight is 305 g/mol. The summed E-state index contributed by atoms with van der Waals surface area (Å²) in [6, 6.07) is 6.56. The molecular formula is C16H13ClO4. The molecule has 2 atom stereocenters. The molecule has 0 saturated carbocycles. The molecule has 4 nitrogen and oxygen atoms in total. The maximum Gasteiger partial charge on any atom is 0.322 e. The van der Waals surface area contributed by atoms with Gasteiger partial charge in [0.15, 0.2) is 5.76 Å². The molecule has 2 aliphatic heterocycles. The highest BCUT2D eigenvalue weighted by Crippen LogP contribution is 2.37. The van der Waals surface area contributed by atoms with Gasteiger partial charge in [-0.15, -0.1) is 0 Å². The van der Waals surface area contributed by atoms with Crippen molar-refractivity contribution in [3.8, 4) is 0 Å². The number of Topliss-reactive ketones (excluding diaryl/α,β-unsaturated/α-hetero) is 1. The second-order valence-electron chi connectivity index (χ2n) is 5.11. The Hall–Kier alpha value is -2.07. The Balaban J connectivity index is 1.94. The van der Waals surface area contributed by atoms with Gasteiger partial charge in [-0.2, -0.15) is 0 Å². The summed E-state index contributed by atoms with van der Waals surface area (Å²) >= 11 is 5.82. The molecule has 0 bridgehead atoms. The summed E-state index contributed by atoms with van der Waals surface area (Å²) in [5.41, 5.74) is 1.08. The lowest BCUT2D eigenvalue weighted by atomic mass is 9.93. The van der Waals surface area contributed by atoms with Crippen molar-refractivity contribution < 1.29 is 19.1 Å². The quantitative estimate of drug-likeness (QED) is 0.621. The molecule has 0 aromatic heterocycles. The number of halogens is 1. The summed E-state index contributed by atoms with van der Waals surface area (Å²) in [7, 11) is 0. The normalized spacial score (nSPS) is 24.1. The molecule has 21 heavy (non-hydrogen) atoms. The van der Waals surface area contributed by atoms with E-state index < -0.39 is 12.0 Å². The third kappa shape index (κ3) is 2.36. The number of cyclic esters (lactones) is 1. The lowest BCUT2D eigenvalue weighted by Crippen LogP contribution is -2.30. The Morgan fingerprint density at radius 1 is 1.19 bits per heavy atom. The number of hydrogen-bond acceptors (Lipinski definition) is 4. The number of carbonyl (C=O) groups is 2. The predicted octanol–water partition coefficient (Wildman–Crippen LogP) is 3.27. The van der Waals surface area contributed by atoms with Gasteiger partial charge in [0.1, 0.15) is 17.8 Å². The van der Waals surface area contributed by atoms with Gasteiger partial charge in [0, 0.05) is 10.6 Å². The van der Waals surface area contributed by atoms with Crippen molar-refractivity contribution in [1.29, 1.82) is 0 Å². The van der Waals surface area contributed by atoms with Crippen molar-refractivity contribution in [3.05, 3.63) is 58.0 Å². The van der Waals surface area contributed by atoms with Crippen LogP contribution >= 0.6 is 11.6 Å². The van der Waals surface area contributed by atoms with E-state index in [1.54, 1.807) is 44.2 Å². The highest BCUT2D eigenvalue weighted by atomic mass is 35.5. The van der Waals surface area contributed by atoms with Crippen LogP contribution < -0.4 is 0 Å². The summed E-state index contributed by atoms with van der Waals surface area (Å²) in [4.78, 5) is 24.4. The number of rotatable bonds is 2. The standard InChI is InChI=1S/C16H13ClO4/c1-8-7-12-13(16(19)20-8)9(2)15(21-12)14(18)10-3-5-11(17)6-4-10/h3-7,12-13H,1-2H3/t12-,13-/m0/s1. The van der Waals surface area contributed by atoms with Gasteiger partial charge in [-0.25, -0.2) is 0 Å². The zero-order chi connectivity index (χ0) is 15.1. The molecule has 0 N–H and O–H groups in total. The summed E-state index contributed by atoms with van der Waals surface area (Å²) in [5, 5.41) is 0.556. The van der Waals surface area contributed by atoms with Crippen LogP contribution in [0.3, 0.4) is 0 Å².